The molecule has 6 unspecified atom stereocenters. The van der Waals surface area contributed by atoms with Gasteiger partial charge in [-0.15, -0.1) is 0 Å². The second-order valence-electron chi connectivity index (χ2n) is 15.9. The van der Waals surface area contributed by atoms with Gasteiger partial charge in [0.1, 0.15) is 24.9 Å². The monoisotopic (exact) mass is 859 g/mol. The largest absolute Gasteiger partial charge is 0.479 e. The van der Waals surface area contributed by atoms with E-state index in [1.54, 1.807) is 0 Å². The molecule has 0 bridgehead atoms. The third-order valence-corrected chi connectivity index (χ3v) is 10.3. The van der Waals surface area contributed by atoms with Crippen molar-refractivity contribution in [2.24, 2.45) is 0 Å². The van der Waals surface area contributed by atoms with Gasteiger partial charge in [0.15, 0.2) is 18.5 Å². The van der Waals surface area contributed by atoms with Gasteiger partial charge in [0.2, 0.25) is 0 Å². The number of allylic oxidation sites excluding steroid dienone is 12. The first-order chi connectivity index (χ1) is 29.7. The highest BCUT2D eigenvalue weighted by Crippen LogP contribution is 2.23. The molecule has 0 amide bonds. The molecule has 6 atom stereocenters. The smallest absolute Gasteiger partial charge is 0.335 e. The van der Waals surface area contributed by atoms with Crippen LogP contribution in [0.15, 0.2) is 72.9 Å². The van der Waals surface area contributed by atoms with Crippen LogP contribution in [0.3, 0.4) is 0 Å². The number of carboxylic acid groups (broad SMARTS) is 1. The number of ether oxygens (including phenoxy) is 4. The van der Waals surface area contributed by atoms with Gasteiger partial charge < -0.3 is 39.4 Å². The second kappa shape index (κ2) is 39.5. The molecule has 11 heteroatoms. The molecule has 0 aromatic carbocycles. The predicted molar refractivity (Wildman–Crippen MR) is 243 cm³/mol. The summed E-state index contributed by atoms with van der Waals surface area (Å²) in [5.41, 5.74) is 0. The SMILES string of the molecule is CC/C=C\C/C=C\C/C=C\C/C=C\CCCCCCCCCCC(=O)OCC(COC1OC(C(=O)O)C(O)C(O)C1O)OC(=O)CCCCCCC/C=C\C/C=C\CCCC. The van der Waals surface area contributed by atoms with Crippen LogP contribution in [-0.2, 0) is 33.3 Å². The predicted octanol–water partition coefficient (Wildman–Crippen LogP) is 10.5. The zero-order chi connectivity index (χ0) is 44.6. The first-order valence-corrected chi connectivity index (χ1v) is 23.5. The van der Waals surface area contributed by atoms with Gasteiger partial charge in [0.25, 0.3) is 0 Å². The Hall–Kier alpha value is -3.35. The van der Waals surface area contributed by atoms with Crippen LogP contribution < -0.4 is 0 Å². The summed E-state index contributed by atoms with van der Waals surface area (Å²) < 4.78 is 21.7. The topological polar surface area (TPSA) is 169 Å². The van der Waals surface area contributed by atoms with E-state index in [0.29, 0.717) is 12.8 Å². The molecule has 61 heavy (non-hydrogen) atoms. The van der Waals surface area contributed by atoms with Crippen LogP contribution in [0.25, 0.3) is 0 Å². The first kappa shape index (κ1) is 55.7. The lowest BCUT2D eigenvalue weighted by Gasteiger charge is -2.38. The molecule has 0 spiro atoms. The minimum absolute atomic E-state index is 0.161. The number of unbranched alkanes of at least 4 members (excludes halogenated alkanes) is 15. The molecule has 0 radical (unpaired) electrons. The average Bonchev–Trinajstić information content (AvgIpc) is 3.24. The van der Waals surface area contributed by atoms with Crippen molar-refractivity contribution in [3.63, 3.8) is 0 Å². The minimum atomic E-state index is -1.87. The molecular weight excluding hydrogens is 777 g/mol. The molecule has 11 nitrogen and oxygen atoms in total. The van der Waals surface area contributed by atoms with Gasteiger partial charge >= 0.3 is 17.9 Å². The van der Waals surface area contributed by atoms with E-state index in [1.165, 1.54) is 38.5 Å². The molecule has 1 aliphatic rings. The Kier molecular flexibility index (Phi) is 36.0. The third-order valence-electron chi connectivity index (χ3n) is 10.3. The summed E-state index contributed by atoms with van der Waals surface area (Å²) in [5, 5.41) is 39.8. The van der Waals surface area contributed by atoms with E-state index >= 15 is 0 Å². The lowest BCUT2D eigenvalue weighted by Crippen LogP contribution is -2.60. The van der Waals surface area contributed by atoms with E-state index in [-0.39, 0.29) is 19.4 Å². The Bertz CT molecular complexity index is 1290. The molecule has 4 N–H and O–H groups in total. The summed E-state index contributed by atoms with van der Waals surface area (Å²) in [6, 6.07) is 0. The van der Waals surface area contributed by atoms with E-state index in [2.05, 4.69) is 86.8 Å². The molecule has 0 aromatic rings. The second-order valence-corrected chi connectivity index (χ2v) is 15.9. The van der Waals surface area contributed by atoms with E-state index in [0.717, 1.165) is 96.3 Å². The Balaban J connectivity index is 2.34. The van der Waals surface area contributed by atoms with Crippen molar-refractivity contribution in [1.29, 1.82) is 0 Å². The van der Waals surface area contributed by atoms with Crippen molar-refractivity contribution >= 4 is 17.9 Å². The highest BCUT2D eigenvalue weighted by molar-refractivity contribution is 5.73. The summed E-state index contributed by atoms with van der Waals surface area (Å²) in [6.45, 7) is 3.63. The number of carbonyl (C=O) groups is 3. The number of aliphatic hydroxyl groups excluding tert-OH is 3. The maximum atomic E-state index is 12.8. The van der Waals surface area contributed by atoms with Gasteiger partial charge in [-0.3, -0.25) is 9.59 Å². The molecule has 0 saturated carbocycles. The number of hydrogen-bond acceptors (Lipinski definition) is 10. The quantitative estimate of drug-likeness (QED) is 0.0265. The van der Waals surface area contributed by atoms with Crippen LogP contribution in [0, 0.1) is 0 Å². The highest BCUT2D eigenvalue weighted by atomic mass is 16.7. The third kappa shape index (κ3) is 31.2. The summed E-state index contributed by atoms with van der Waals surface area (Å²) in [4.78, 5) is 36.9. The fourth-order valence-electron chi connectivity index (χ4n) is 6.59. The van der Waals surface area contributed by atoms with E-state index < -0.39 is 61.3 Å². The van der Waals surface area contributed by atoms with Gasteiger partial charge in [0, 0.05) is 12.8 Å². The maximum absolute atomic E-state index is 12.8. The molecule has 0 aliphatic carbocycles. The lowest BCUT2D eigenvalue weighted by molar-refractivity contribution is -0.298. The first-order valence-electron chi connectivity index (χ1n) is 23.5. The van der Waals surface area contributed by atoms with Crippen molar-refractivity contribution in [2.75, 3.05) is 13.2 Å². The zero-order valence-corrected chi connectivity index (χ0v) is 37.6. The molecule has 1 rings (SSSR count). The molecule has 1 aliphatic heterocycles. The van der Waals surface area contributed by atoms with Gasteiger partial charge in [-0.2, -0.15) is 0 Å². The van der Waals surface area contributed by atoms with Crippen molar-refractivity contribution in [1.82, 2.24) is 0 Å². The van der Waals surface area contributed by atoms with E-state index in [9.17, 15) is 34.8 Å². The van der Waals surface area contributed by atoms with Crippen LogP contribution in [0.2, 0.25) is 0 Å². The summed E-state index contributed by atoms with van der Waals surface area (Å²) in [6.07, 6.45) is 40.9. The van der Waals surface area contributed by atoms with Crippen LogP contribution >= 0.6 is 0 Å². The number of aliphatic hydroxyl groups is 3. The molecular formula is C50H82O11. The van der Waals surface area contributed by atoms with Crippen molar-refractivity contribution in [3.05, 3.63) is 72.9 Å². The molecule has 1 heterocycles. The number of carboxylic acids is 1. The van der Waals surface area contributed by atoms with Crippen molar-refractivity contribution in [3.8, 4) is 0 Å². The van der Waals surface area contributed by atoms with Crippen LogP contribution in [0.5, 0.6) is 0 Å². The van der Waals surface area contributed by atoms with Crippen LogP contribution in [0.4, 0.5) is 0 Å². The lowest BCUT2D eigenvalue weighted by atomic mass is 9.99. The summed E-state index contributed by atoms with van der Waals surface area (Å²) >= 11 is 0. The molecule has 0 aromatic heterocycles. The Morgan fingerprint density at radius 1 is 0.525 bits per heavy atom. The Labute approximate surface area is 368 Å². The highest BCUT2D eigenvalue weighted by Gasteiger charge is 2.47. The van der Waals surface area contributed by atoms with Gasteiger partial charge in [-0.05, 0) is 77.0 Å². The van der Waals surface area contributed by atoms with Gasteiger partial charge in [-0.1, -0.05) is 157 Å². The van der Waals surface area contributed by atoms with Crippen molar-refractivity contribution < 1.29 is 53.8 Å². The van der Waals surface area contributed by atoms with Crippen molar-refractivity contribution in [2.45, 2.75) is 211 Å². The number of carbonyl (C=O) groups excluding carboxylic acids is 2. The standard InChI is InChI=1S/C50H82O11/c1-3-5-7-9-11-13-15-17-19-20-21-22-23-24-25-27-28-30-32-34-36-38-43(51)58-40-42(41-59-50-47(55)45(53)46(54)48(61-50)49(56)57)60-44(52)39-37-35-33-31-29-26-18-16-14-12-10-8-6-4-2/h5,7,10-13,16-19,21-22,42,45-48,50,53-55H,3-4,6,8-9,14-15,20,23-41H2,1-2H3,(H,56,57)/b7-5-,12-10-,13-11-,18-16-,19-17-,22-21-. The maximum Gasteiger partial charge on any atom is 0.335 e. The van der Waals surface area contributed by atoms with Gasteiger partial charge in [0.05, 0.1) is 6.61 Å². The summed E-state index contributed by atoms with van der Waals surface area (Å²) in [5.74, 6) is -2.48. The average molecular weight is 859 g/mol. The Morgan fingerprint density at radius 2 is 0.967 bits per heavy atom. The van der Waals surface area contributed by atoms with Crippen LogP contribution in [0.1, 0.15) is 174 Å². The van der Waals surface area contributed by atoms with Crippen LogP contribution in [-0.4, -0.2) is 88.4 Å². The number of rotatable bonds is 38. The van der Waals surface area contributed by atoms with Gasteiger partial charge in [-0.25, -0.2) is 4.79 Å². The normalized spacial score (nSPS) is 20.3. The minimum Gasteiger partial charge on any atom is -0.479 e. The van der Waals surface area contributed by atoms with E-state index in [4.69, 9.17) is 18.9 Å². The van der Waals surface area contributed by atoms with E-state index in [1.807, 2.05) is 0 Å². The molecule has 1 fully saturated rings. The zero-order valence-electron chi connectivity index (χ0n) is 37.6. The fraction of sp³-hybridized carbons (Fsp3) is 0.700. The molecule has 1 saturated heterocycles. The number of hydrogen-bond donors (Lipinski definition) is 4. The number of esters is 2. The summed E-state index contributed by atoms with van der Waals surface area (Å²) in [7, 11) is 0. The fourth-order valence-corrected chi connectivity index (χ4v) is 6.59. The molecule has 348 valence electrons. The number of aliphatic carboxylic acids is 1. The Morgan fingerprint density at radius 3 is 1.46 bits per heavy atom.